The molecule has 0 heterocycles. The van der Waals surface area contributed by atoms with E-state index in [9.17, 15) is 22.8 Å². The molecule has 3 amide bonds. The Morgan fingerprint density at radius 2 is 1.60 bits per heavy atom. The molecule has 0 spiro atoms. The van der Waals surface area contributed by atoms with E-state index >= 15 is 0 Å². The highest BCUT2D eigenvalue weighted by molar-refractivity contribution is 5.94. The molecule has 9 heteroatoms. The molecular weight excluding hydrogens is 339 g/mol. The monoisotopic (exact) mass is 361 g/mol. The number of hydrogen-bond acceptors (Lipinski definition) is 3. The average molecular weight is 361 g/mol. The van der Waals surface area contributed by atoms with Crippen LogP contribution >= 0.6 is 0 Å². The van der Waals surface area contributed by atoms with Crippen LogP contribution in [0.3, 0.4) is 0 Å². The zero-order valence-electron chi connectivity index (χ0n) is 13.9. The molecule has 0 saturated carbocycles. The molecule has 0 saturated heterocycles. The Morgan fingerprint density at radius 3 is 2.20 bits per heavy atom. The van der Waals surface area contributed by atoms with Gasteiger partial charge in [0.25, 0.3) is 5.91 Å². The van der Waals surface area contributed by atoms with Crippen LogP contribution in [0.4, 0.5) is 18.0 Å². The van der Waals surface area contributed by atoms with Gasteiger partial charge in [-0.05, 0) is 37.6 Å². The number of ether oxygens (including phenoxy) is 1. The van der Waals surface area contributed by atoms with Crippen LogP contribution in [0.5, 0.6) is 0 Å². The Morgan fingerprint density at radius 1 is 1.00 bits per heavy atom. The number of hydrogen-bond donors (Lipinski definition) is 3. The molecule has 0 aliphatic rings. The van der Waals surface area contributed by atoms with Crippen molar-refractivity contribution < 1.29 is 27.5 Å². The molecule has 1 aromatic rings. The third-order valence-electron chi connectivity index (χ3n) is 3.13. The molecule has 0 unspecified atom stereocenters. The van der Waals surface area contributed by atoms with Crippen molar-refractivity contribution in [3.63, 3.8) is 0 Å². The van der Waals surface area contributed by atoms with Crippen molar-refractivity contribution in [2.24, 2.45) is 0 Å². The molecule has 25 heavy (non-hydrogen) atoms. The van der Waals surface area contributed by atoms with Gasteiger partial charge in [-0.25, -0.2) is 4.79 Å². The number of nitrogens with one attached hydrogen (secondary N) is 3. The van der Waals surface area contributed by atoms with Gasteiger partial charge in [-0.2, -0.15) is 13.2 Å². The second-order valence-corrected chi connectivity index (χ2v) is 5.06. The van der Waals surface area contributed by atoms with E-state index in [0.29, 0.717) is 26.2 Å². The van der Waals surface area contributed by atoms with E-state index in [4.69, 9.17) is 4.74 Å². The topological polar surface area (TPSA) is 79.5 Å². The third kappa shape index (κ3) is 8.39. The average Bonchev–Trinajstić information content (AvgIpc) is 2.57. The number of rotatable bonds is 9. The van der Waals surface area contributed by atoms with Gasteiger partial charge in [0.1, 0.15) is 0 Å². The molecule has 0 radical (unpaired) electrons. The maximum absolute atomic E-state index is 12.4. The lowest BCUT2D eigenvalue weighted by atomic mass is 10.1. The van der Waals surface area contributed by atoms with E-state index < -0.39 is 17.6 Å². The van der Waals surface area contributed by atoms with Crippen LogP contribution < -0.4 is 16.0 Å². The summed E-state index contributed by atoms with van der Waals surface area (Å²) in [6, 6.07) is 3.55. The molecule has 6 nitrogen and oxygen atoms in total. The molecule has 1 rings (SSSR count). The zero-order valence-corrected chi connectivity index (χ0v) is 13.9. The molecule has 0 atom stereocenters. The second-order valence-electron chi connectivity index (χ2n) is 5.06. The summed E-state index contributed by atoms with van der Waals surface area (Å²) < 4.78 is 42.4. The fourth-order valence-corrected chi connectivity index (χ4v) is 1.85. The number of benzene rings is 1. The van der Waals surface area contributed by atoms with Crippen LogP contribution in [0.15, 0.2) is 24.3 Å². The van der Waals surface area contributed by atoms with Gasteiger partial charge in [-0.1, -0.05) is 0 Å². The Balaban J connectivity index is 2.21. The second kappa shape index (κ2) is 10.5. The van der Waals surface area contributed by atoms with Crippen LogP contribution in [0.2, 0.25) is 0 Å². The summed E-state index contributed by atoms with van der Waals surface area (Å²) in [4.78, 5) is 23.2. The van der Waals surface area contributed by atoms with Gasteiger partial charge in [0.2, 0.25) is 0 Å². The van der Waals surface area contributed by atoms with E-state index in [1.807, 2.05) is 6.92 Å². The third-order valence-corrected chi connectivity index (χ3v) is 3.13. The van der Waals surface area contributed by atoms with Crippen molar-refractivity contribution in [1.29, 1.82) is 0 Å². The SMILES string of the molecule is CCOCCCNC(=O)NCCNC(=O)c1ccc(C(F)(F)F)cc1. The first-order valence-corrected chi connectivity index (χ1v) is 7.89. The number of carbonyl (C=O) groups excluding carboxylic acids is 2. The first-order valence-electron chi connectivity index (χ1n) is 7.89. The molecule has 0 aromatic heterocycles. The fourth-order valence-electron chi connectivity index (χ4n) is 1.85. The Hall–Kier alpha value is -2.29. The molecule has 140 valence electrons. The molecule has 0 fully saturated rings. The van der Waals surface area contributed by atoms with E-state index in [2.05, 4.69) is 16.0 Å². The maximum Gasteiger partial charge on any atom is 0.416 e. The summed E-state index contributed by atoms with van der Waals surface area (Å²) >= 11 is 0. The standard InChI is InChI=1S/C16H22F3N3O3/c1-2-25-11-3-8-21-15(24)22-10-9-20-14(23)12-4-6-13(7-5-12)16(17,18)19/h4-7H,2-3,8-11H2,1H3,(H,20,23)(H2,21,22,24). The van der Waals surface area contributed by atoms with Crippen molar-refractivity contribution in [3.05, 3.63) is 35.4 Å². The Labute approximate surface area is 144 Å². The van der Waals surface area contributed by atoms with Gasteiger partial charge < -0.3 is 20.7 Å². The highest BCUT2D eigenvalue weighted by Gasteiger charge is 2.30. The van der Waals surface area contributed by atoms with E-state index in [0.717, 1.165) is 24.3 Å². The van der Waals surface area contributed by atoms with E-state index in [-0.39, 0.29) is 24.7 Å². The first-order chi connectivity index (χ1) is 11.8. The number of urea groups is 1. The summed E-state index contributed by atoms with van der Waals surface area (Å²) in [7, 11) is 0. The molecular formula is C16H22F3N3O3. The highest BCUT2D eigenvalue weighted by atomic mass is 19.4. The molecule has 3 N–H and O–H groups in total. The Kier molecular flexibility index (Phi) is 8.76. The molecule has 0 aliphatic heterocycles. The summed E-state index contributed by atoms with van der Waals surface area (Å²) in [6.07, 6.45) is -3.74. The van der Waals surface area contributed by atoms with Crippen molar-refractivity contribution in [2.45, 2.75) is 19.5 Å². The van der Waals surface area contributed by atoms with E-state index in [1.54, 1.807) is 0 Å². The minimum Gasteiger partial charge on any atom is -0.382 e. The van der Waals surface area contributed by atoms with Gasteiger partial charge in [0.15, 0.2) is 0 Å². The number of carbonyl (C=O) groups is 2. The summed E-state index contributed by atoms with van der Waals surface area (Å²) in [6.45, 7) is 3.92. The van der Waals surface area contributed by atoms with Gasteiger partial charge in [-0.15, -0.1) is 0 Å². The van der Waals surface area contributed by atoms with Crippen LogP contribution in [0, 0.1) is 0 Å². The lowest BCUT2D eigenvalue weighted by Gasteiger charge is -2.10. The lowest BCUT2D eigenvalue weighted by Crippen LogP contribution is -2.40. The number of alkyl halides is 3. The summed E-state index contributed by atoms with van der Waals surface area (Å²) in [5.74, 6) is -0.507. The maximum atomic E-state index is 12.4. The molecule has 1 aromatic carbocycles. The van der Waals surface area contributed by atoms with Crippen molar-refractivity contribution in [1.82, 2.24) is 16.0 Å². The van der Waals surface area contributed by atoms with Crippen molar-refractivity contribution in [2.75, 3.05) is 32.8 Å². The zero-order chi connectivity index (χ0) is 18.7. The highest BCUT2D eigenvalue weighted by Crippen LogP contribution is 2.28. The first kappa shape index (κ1) is 20.8. The largest absolute Gasteiger partial charge is 0.416 e. The van der Waals surface area contributed by atoms with Crippen molar-refractivity contribution in [3.8, 4) is 0 Å². The smallest absolute Gasteiger partial charge is 0.382 e. The molecule has 0 aliphatic carbocycles. The van der Waals surface area contributed by atoms with Crippen molar-refractivity contribution >= 4 is 11.9 Å². The van der Waals surface area contributed by atoms with Gasteiger partial charge in [-0.3, -0.25) is 4.79 Å². The normalized spacial score (nSPS) is 11.0. The minimum absolute atomic E-state index is 0.119. The van der Waals surface area contributed by atoms with Gasteiger partial charge in [0, 0.05) is 38.4 Å². The van der Waals surface area contributed by atoms with Crippen LogP contribution in [0.1, 0.15) is 29.3 Å². The van der Waals surface area contributed by atoms with E-state index in [1.165, 1.54) is 0 Å². The van der Waals surface area contributed by atoms with Crippen LogP contribution in [-0.2, 0) is 10.9 Å². The number of halogens is 3. The predicted molar refractivity (Wildman–Crippen MR) is 86.3 cm³/mol. The quantitative estimate of drug-likeness (QED) is 0.590. The predicted octanol–water partition coefficient (Wildman–Crippen LogP) is 2.16. The van der Waals surface area contributed by atoms with Crippen LogP contribution in [0.25, 0.3) is 0 Å². The lowest BCUT2D eigenvalue weighted by molar-refractivity contribution is -0.137. The summed E-state index contributed by atoms with van der Waals surface area (Å²) in [5.41, 5.74) is -0.694. The molecule has 0 bridgehead atoms. The number of amides is 3. The Bertz CT molecular complexity index is 548. The van der Waals surface area contributed by atoms with Gasteiger partial charge in [0.05, 0.1) is 5.56 Å². The van der Waals surface area contributed by atoms with Gasteiger partial charge >= 0.3 is 12.2 Å². The van der Waals surface area contributed by atoms with Crippen LogP contribution in [-0.4, -0.2) is 44.8 Å². The summed E-state index contributed by atoms with van der Waals surface area (Å²) in [5, 5.41) is 7.70. The minimum atomic E-state index is -4.44. The fraction of sp³-hybridized carbons (Fsp3) is 0.500.